The van der Waals surface area contributed by atoms with E-state index in [1.807, 2.05) is 25.7 Å². The normalized spacial score (nSPS) is 15.8. The van der Waals surface area contributed by atoms with E-state index in [0.717, 1.165) is 45.8 Å². The van der Waals surface area contributed by atoms with Crippen molar-refractivity contribution >= 4 is 6.09 Å². The topological polar surface area (TPSA) is 44.8 Å². The van der Waals surface area contributed by atoms with Gasteiger partial charge >= 0.3 is 6.09 Å². The molecule has 0 radical (unpaired) electrons. The number of amides is 1. The maximum atomic E-state index is 12.1. The molecule has 1 heterocycles. The maximum absolute atomic E-state index is 12.1. The number of piperazine rings is 1. The molecule has 1 amide bonds. The van der Waals surface area contributed by atoms with Crippen molar-refractivity contribution in [2.75, 3.05) is 45.8 Å². The van der Waals surface area contributed by atoms with Crippen molar-refractivity contribution in [1.82, 2.24) is 15.1 Å². The molecule has 166 valence electrons. The fraction of sp³-hybridized carbons (Fsp3) is 0.957. The minimum absolute atomic E-state index is 0.175. The molecule has 0 bridgehead atoms. The van der Waals surface area contributed by atoms with Crippen LogP contribution in [-0.2, 0) is 4.74 Å². The number of rotatable bonds is 14. The number of hydrogen-bond acceptors (Lipinski definition) is 4. The molecule has 0 aliphatic carbocycles. The molecule has 0 unspecified atom stereocenters. The summed E-state index contributed by atoms with van der Waals surface area (Å²) in [4.78, 5) is 16.3. The highest BCUT2D eigenvalue weighted by Crippen LogP contribution is 2.12. The van der Waals surface area contributed by atoms with Gasteiger partial charge in [0, 0.05) is 39.3 Å². The molecule has 0 saturated carbocycles. The Morgan fingerprint density at radius 2 is 1.36 bits per heavy atom. The van der Waals surface area contributed by atoms with Crippen LogP contribution in [0.4, 0.5) is 4.79 Å². The lowest BCUT2D eigenvalue weighted by Gasteiger charge is -2.35. The lowest BCUT2D eigenvalue weighted by Crippen LogP contribution is -2.51. The quantitative estimate of drug-likeness (QED) is 0.417. The van der Waals surface area contributed by atoms with Crippen LogP contribution in [0.5, 0.6) is 0 Å². The number of ether oxygens (including phenoxy) is 1. The zero-order valence-electron chi connectivity index (χ0n) is 19.2. The average Bonchev–Trinajstić information content (AvgIpc) is 2.64. The lowest BCUT2D eigenvalue weighted by molar-refractivity contribution is 0.0146. The van der Waals surface area contributed by atoms with Gasteiger partial charge in [-0.3, -0.25) is 4.90 Å². The minimum atomic E-state index is -0.410. The summed E-state index contributed by atoms with van der Waals surface area (Å²) in [6, 6.07) is 0. The highest BCUT2D eigenvalue weighted by atomic mass is 16.6. The van der Waals surface area contributed by atoms with Gasteiger partial charge in [-0.2, -0.15) is 0 Å². The van der Waals surface area contributed by atoms with Gasteiger partial charge in [-0.1, -0.05) is 64.7 Å². The van der Waals surface area contributed by atoms with E-state index in [-0.39, 0.29) is 6.09 Å². The summed E-state index contributed by atoms with van der Waals surface area (Å²) in [5.41, 5.74) is -0.410. The SMILES string of the molecule is CCCCCCCCCCCCNCCN1CCN(C(=O)OC(C)(C)C)CC1. The number of carbonyl (C=O) groups is 1. The van der Waals surface area contributed by atoms with Gasteiger partial charge in [-0.25, -0.2) is 4.79 Å². The van der Waals surface area contributed by atoms with Gasteiger partial charge in [-0.05, 0) is 33.7 Å². The molecular weight excluding hydrogens is 350 g/mol. The van der Waals surface area contributed by atoms with Crippen LogP contribution < -0.4 is 5.32 Å². The molecule has 1 N–H and O–H groups in total. The molecule has 1 saturated heterocycles. The van der Waals surface area contributed by atoms with Crippen molar-refractivity contribution in [3.8, 4) is 0 Å². The standard InChI is InChI=1S/C23H47N3O2/c1-5-6-7-8-9-10-11-12-13-14-15-24-16-17-25-18-20-26(21-19-25)22(27)28-23(2,3)4/h24H,5-21H2,1-4H3. The van der Waals surface area contributed by atoms with Crippen molar-refractivity contribution in [2.24, 2.45) is 0 Å². The third-order valence-electron chi connectivity index (χ3n) is 5.34. The fourth-order valence-corrected chi connectivity index (χ4v) is 3.58. The Kier molecular flexibility index (Phi) is 13.6. The predicted molar refractivity (Wildman–Crippen MR) is 119 cm³/mol. The Morgan fingerprint density at radius 3 is 1.89 bits per heavy atom. The summed E-state index contributed by atoms with van der Waals surface area (Å²) >= 11 is 0. The van der Waals surface area contributed by atoms with Crippen LogP contribution in [0, 0.1) is 0 Å². The van der Waals surface area contributed by atoms with E-state index < -0.39 is 5.60 Å². The van der Waals surface area contributed by atoms with Crippen molar-refractivity contribution in [2.45, 2.75) is 97.5 Å². The second-order valence-corrected chi connectivity index (χ2v) is 9.24. The molecule has 1 fully saturated rings. The van der Waals surface area contributed by atoms with Crippen molar-refractivity contribution < 1.29 is 9.53 Å². The fourth-order valence-electron chi connectivity index (χ4n) is 3.58. The first-order valence-electron chi connectivity index (χ1n) is 11.8. The second-order valence-electron chi connectivity index (χ2n) is 9.24. The van der Waals surface area contributed by atoms with E-state index in [0.29, 0.717) is 0 Å². The van der Waals surface area contributed by atoms with Gasteiger partial charge in [0.1, 0.15) is 5.60 Å². The number of nitrogens with zero attached hydrogens (tertiary/aromatic N) is 2. The minimum Gasteiger partial charge on any atom is -0.444 e. The zero-order chi connectivity index (χ0) is 20.7. The Hall–Kier alpha value is -0.810. The van der Waals surface area contributed by atoms with Gasteiger partial charge in [0.15, 0.2) is 0 Å². The summed E-state index contributed by atoms with van der Waals surface area (Å²) in [6.07, 6.45) is 13.7. The molecule has 0 spiro atoms. The number of unbranched alkanes of at least 4 members (excludes halogenated alkanes) is 9. The monoisotopic (exact) mass is 397 g/mol. The van der Waals surface area contributed by atoms with E-state index in [9.17, 15) is 4.79 Å². The first-order valence-corrected chi connectivity index (χ1v) is 11.8. The molecule has 0 aromatic rings. The first-order chi connectivity index (χ1) is 13.4. The number of nitrogens with one attached hydrogen (secondary N) is 1. The van der Waals surface area contributed by atoms with E-state index in [4.69, 9.17) is 4.74 Å². The summed E-state index contributed by atoms with van der Waals surface area (Å²) in [5.74, 6) is 0. The van der Waals surface area contributed by atoms with Crippen LogP contribution in [0.1, 0.15) is 91.9 Å². The van der Waals surface area contributed by atoms with Gasteiger partial charge in [0.2, 0.25) is 0 Å². The van der Waals surface area contributed by atoms with Gasteiger partial charge in [0.25, 0.3) is 0 Å². The molecule has 28 heavy (non-hydrogen) atoms. The maximum Gasteiger partial charge on any atom is 0.410 e. The van der Waals surface area contributed by atoms with Crippen molar-refractivity contribution in [3.63, 3.8) is 0 Å². The molecule has 1 aliphatic heterocycles. The molecule has 5 nitrogen and oxygen atoms in total. The third-order valence-corrected chi connectivity index (χ3v) is 5.34. The Morgan fingerprint density at radius 1 is 0.821 bits per heavy atom. The van der Waals surface area contributed by atoms with Gasteiger partial charge in [-0.15, -0.1) is 0 Å². The third kappa shape index (κ3) is 13.4. The lowest BCUT2D eigenvalue weighted by atomic mass is 10.1. The summed E-state index contributed by atoms with van der Waals surface area (Å²) in [7, 11) is 0. The van der Waals surface area contributed by atoms with Crippen LogP contribution in [-0.4, -0.2) is 67.3 Å². The highest BCUT2D eigenvalue weighted by molar-refractivity contribution is 5.68. The second kappa shape index (κ2) is 15.1. The highest BCUT2D eigenvalue weighted by Gasteiger charge is 2.25. The van der Waals surface area contributed by atoms with E-state index >= 15 is 0 Å². The van der Waals surface area contributed by atoms with Gasteiger partial charge in [0.05, 0.1) is 0 Å². The van der Waals surface area contributed by atoms with Gasteiger partial charge < -0.3 is 15.0 Å². The van der Waals surface area contributed by atoms with E-state index in [2.05, 4.69) is 17.1 Å². The molecule has 0 aromatic carbocycles. The summed E-state index contributed by atoms with van der Waals surface area (Å²) < 4.78 is 5.45. The van der Waals surface area contributed by atoms with Crippen LogP contribution in [0.2, 0.25) is 0 Å². The molecule has 0 aromatic heterocycles. The Balaban J connectivity index is 1.88. The molecule has 5 heteroatoms. The molecule has 0 atom stereocenters. The zero-order valence-corrected chi connectivity index (χ0v) is 19.2. The Labute approximate surface area is 174 Å². The van der Waals surface area contributed by atoms with Crippen LogP contribution in [0.3, 0.4) is 0 Å². The van der Waals surface area contributed by atoms with E-state index in [1.165, 1.54) is 64.2 Å². The molecule has 1 rings (SSSR count). The predicted octanol–water partition coefficient (Wildman–Crippen LogP) is 5.05. The van der Waals surface area contributed by atoms with Crippen LogP contribution in [0.15, 0.2) is 0 Å². The average molecular weight is 398 g/mol. The number of hydrogen-bond donors (Lipinski definition) is 1. The van der Waals surface area contributed by atoms with Crippen LogP contribution in [0.25, 0.3) is 0 Å². The first kappa shape index (κ1) is 25.2. The summed E-state index contributed by atoms with van der Waals surface area (Å²) in [6.45, 7) is 14.7. The van der Waals surface area contributed by atoms with E-state index in [1.54, 1.807) is 0 Å². The number of carbonyl (C=O) groups excluding carboxylic acids is 1. The molecule has 1 aliphatic rings. The largest absolute Gasteiger partial charge is 0.444 e. The summed E-state index contributed by atoms with van der Waals surface area (Å²) in [5, 5.41) is 3.58. The van der Waals surface area contributed by atoms with Crippen molar-refractivity contribution in [1.29, 1.82) is 0 Å². The van der Waals surface area contributed by atoms with Crippen LogP contribution >= 0.6 is 0 Å². The molecular formula is C23H47N3O2. The van der Waals surface area contributed by atoms with Crippen molar-refractivity contribution in [3.05, 3.63) is 0 Å². The smallest absolute Gasteiger partial charge is 0.410 e. The Bertz CT molecular complexity index is 388.